The van der Waals surface area contributed by atoms with Crippen molar-refractivity contribution < 1.29 is 14.3 Å². The number of nitrogens with zero attached hydrogens (tertiary/aromatic N) is 2. The summed E-state index contributed by atoms with van der Waals surface area (Å²) in [4.78, 5) is 24.9. The number of halogens is 2. The Morgan fingerprint density at radius 1 is 1.09 bits per heavy atom. The number of hydrogen-bond donors (Lipinski definition) is 0. The standard InChI is InChI=1S/C26H26Cl2N2O3S/c1-2-33-24(32)16-34-15-23(31)30-26(18-8-12-21(28)13-9-18)22-5-3-4-19(25(22)29-30)14-17-6-10-20(27)11-7-17/h6-14,22,26H,2-5,15-16H2,1H3/b19-14-/t22-,26-/m1/s1. The number of carbonyl (C=O) groups is 2. The van der Waals surface area contributed by atoms with Gasteiger partial charge in [0, 0.05) is 16.0 Å². The Morgan fingerprint density at radius 3 is 2.44 bits per heavy atom. The largest absolute Gasteiger partial charge is 0.465 e. The number of esters is 1. The Morgan fingerprint density at radius 2 is 1.76 bits per heavy atom. The predicted octanol–water partition coefficient (Wildman–Crippen LogP) is 6.41. The average Bonchev–Trinajstić information content (AvgIpc) is 3.22. The van der Waals surface area contributed by atoms with Crippen LogP contribution in [0.1, 0.15) is 43.4 Å². The highest BCUT2D eigenvalue weighted by Crippen LogP contribution is 2.44. The third kappa shape index (κ3) is 5.85. The van der Waals surface area contributed by atoms with Crippen molar-refractivity contribution >= 4 is 58.6 Å². The zero-order valence-corrected chi connectivity index (χ0v) is 21.2. The summed E-state index contributed by atoms with van der Waals surface area (Å²) in [7, 11) is 0. The average molecular weight is 517 g/mol. The zero-order chi connectivity index (χ0) is 24.1. The molecule has 178 valence electrons. The summed E-state index contributed by atoms with van der Waals surface area (Å²) in [5, 5.41) is 7.82. The fraction of sp³-hybridized carbons (Fsp3) is 0.346. The summed E-state index contributed by atoms with van der Waals surface area (Å²) in [6.45, 7) is 2.10. The van der Waals surface area contributed by atoms with Gasteiger partial charge in [-0.3, -0.25) is 9.59 Å². The molecule has 0 radical (unpaired) electrons. The van der Waals surface area contributed by atoms with Gasteiger partial charge in [0.2, 0.25) is 0 Å². The van der Waals surface area contributed by atoms with E-state index in [-0.39, 0.29) is 35.3 Å². The molecule has 0 N–H and O–H groups in total. The number of hydrogen-bond acceptors (Lipinski definition) is 5. The van der Waals surface area contributed by atoms with Crippen LogP contribution in [0, 0.1) is 5.92 Å². The molecule has 5 nitrogen and oxygen atoms in total. The fourth-order valence-corrected chi connectivity index (χ4v) is 5.36. The molecule has 0 bridgehead atoms. The smallest absolute Gasteiger partial charge is 0.315 e. The van der Waals surface area contributed by atoms with Crippen LogP contribution in [-0.4, -0.2) is 40.7 Å². The van der Waals surface area contributed by atoms with E-state index in [9.17, 15) is 9.59 Å². The van der Waals surface area contributed by atoms with Gasteiger partial charge >= 0.3 is 5.97 Å². The topological polar surface area (TPSA) is 59.0 Å². The van der Waals surface area contributed by atoms with Crippen molar-refractivity contribution in [2.45, 2.75) is 32.2 Å². The number of ether oxygens (including phenoxy) is 1. The van der Waals surface area contributed by atoms with Crippen LogP contribution in [-0.2, 0) is 14.3 Å². The lowest BCUT2D eigenvalue weighted by Gasteiger charge is -2.29. The van der Waals surface area contributed by atoms with Crippen molar-refractivity contribution in [2.75, 3.05) is 18.1 Å². The number of thioether (sulfide) groups is 1. The Hall–Kier alpha value is -2.28. The van der Waals surface area contributed by atoms with E-state index in [1.165, 1.54) is 11.8 Å². The molecule has 0 unspecified atom stereocenters. The first-order valence-corrected chi connectivity index (χ1v) is 13.2. The molecule has 1 aliphatic heterocycles. The maximum absolute atomic E-state index is 13.3. The van der Waals surface area contributed by atoms with E-state index in [1.807, 2.05) is 48.5 Å². The predicted molar refractivity (Wildman–Crippen MR) is 139 cm³/mol. The molecule has 0 saturated heterocycles. The minimum absolute atomic E-state index is 0.104. The minimum atomic E-state index is -0.316. The van der Waals surface area contributed by atoms with Crippen LogP contribution in [0.15, 0.2) is 59.2 Å². The molecule has 8 heteroatoms. The highest BCUT2D eigenvalue weighted by Gasteiger charge is 2.43. The van der Waals surface area contributed by atoms with E-state index >= 15 is 0 Å². The molecular formula is C26H26Cl2N2O3S. The summed E-state index contributed by atoms with van der Waals surface area (Å²) in [6, 6.07) is 15.1. The van der Waals surface area contributed by atoms with Crippen molar-refractivity contribution in [3.8, 4) is 0 Å². The second-order valence-electron chi connectivity index (χ2n) is 8.24. The number of amides is 1. The second-order valence-corrected chi connectivity index (χ2v) is 10.1. The van der Waals surface area contributed by atoms with Crippen molar-refractivity contribution in [3.05, 3.63) is 75.3 Å². The van der Waals surface area contributed by atoms with Gasteiger partial charge in [0.1, 0.15) is 0 Å². The zero-order valence-electron chi connectivity index (χ0n) is 18.9. The van der Waals surface area contributed by atoms with Crippen LogP contribution in [0.2, 0.25) is 10.0 Å². The number of allylic oxidation sites excluding steroid dienone is 1. The molecule has 1 saturated carbocycles. The minimum Gasteiger partial charge on any atom is -0.465 e. The van der Waals surface area contributed by atoms with Crippen LogP contribution in [0.3, 0.4) is 0 Å². The molecule has 2 aliphatic rings. The molecule has 1 amide bonds. The molecule has 2 aromatic carbocycles. The van der Waals surface area contributed by atoms with Crippen LogP contribution < -0.4 is 0 Å². The number of hydrazone groups is 1. The van der Waals surface area contributed by atoms with Gasteiger partial charge < -0.3 is 4.74 Å². The highest BCUT2D eigenvalue weighted by molar-refractivity contribution is 8.00. The molecule has 34 heavy (non-hydrogen) atoms. The Balaban J connectivity index is 1.61. The third-order valence-electron chi connectivity index (χ3n) is 5.93. The third-order valence-corrected chi connectivity index (χ3v) is 7.33. The van der Waals surface area contributed by atoms with Crippen LogP contribution in [0.5, 0.6) is 0 Å². The molecule has 4 rings (SSSR count). The van der Waals surface area contributed by atoms with E-state index in [1.54, 1.807) is 11.9 Å². The summed E-state index contributed by atoms with van der Waals surface area (Å²) in [5.74, 6) is -0.0396. The Bertz CT molecular complexity index is 1100. The molecule has 0 spiro atoms. The van der Waals surface area contributed by atoms with Crippen molar-refractivity contribution in [2.24, 2.45) is 11.0 Å². The lowest BCUT2D eigenvalue weighted by atomic mass is 9.77. The van der Waals surface area contributed by atoms with Gasteiger partial charge in [-0.25, -0.2) is 5.01 Å². The van der Waals surface area contributed by atoms with Crippen LogP contribution in [0.4, 0.5) is 0 Å². The van der Waals surface area contributed by atoms with Crippen molar-refractivity contribution in [3.63, 3.8) is 0 Å². The quantitative estimate of drug-likeness (QED) is 0.398. The first kappa shape index (κ1) is 24.8. The van der Waals surface area contributed by atoms with Gasteiger partial charge in [-0.2, -0.15) is 5.10 Å². The lowest BCUT2D eigenvalue weighted by molar-refractivity contribution is -0.139. The van der Waals surface area contributed by atoms with Gasteiger partial charge in [0.05, 0.1) is 29.9 Å². The number of benzene rings is 2. The Labute approximate surface area is 214 Å². The molecule has 1 fully saturated rings. The van der Waals surface area contributed by atoms with Crippen LogP contribution in [0.25, 0.3) is 6.08 Å². The lowest BCUT2D eigenvalue weighted by Crippen LogP contribution is -2.33. The molecule has 1 aliphatic carbocycles. The Kier molecular flexibility index (Phi) is 8.35. The van der Waals surface area contributed by atoms with Gasteiger partial charge in [-0.15, -0.1) is 11.8 Å². The maximum Gasteiger partial charge on any atom is 0.315 e. The number of rotatable bonds is 7. The fourth-order valence-electron chi connectivity index (χ4n) is 4.45. The first-order valence-electron chi connectivity index (χ1n) is 11.3. The van der Waals surface area contributed by atoms with E-state index in [4.69, 9.17) is 33.0 Å². The van der Waals surface area contributed by atoms with E-state index in [0.29, 0.717) is 16.7 Å². The normalized spacial score (nSPS) is 20.7. The van der Waals surface area contributed by atoms with E-state index in [2.05, 4.69) is 6.08 Å². The van der Waals surface area contributed by atoms with Crippen molar-refractivity contribution in [1.29, 1.82) is 0 Å². The number of fused-ring (bicyclic) bond motifs is 1. The monoisotopic (exact) mass is 516 g/mol. The molecule has 1 heterocycles. The summed E-state index contributed by atoms with van der Waals surface area (Å²) in [5.41, 5.74) is 4.17. The highest BCUT2D eigenvalue weighted by atomic mass is 35.5. The molecule has 0 aromatic heterocycles. The second kappa shape index (κ2) is 11.4. The summed E-state index contributed by atoms with van der Waals surface area (Å²) >= 11 is 13.4. The number of carbonyl (C=O) groups excluding carboxylic acids is 2. The van der Waals surface area contributed by atoms with Gasteiger partial charge in [0.25, 0.3) is 5.91 Å². The van der Waals surface area contributed by atoms with Gasteiger partial charge in [0.15, 0.2) is 0 Å². The maximum atomic E-state index is 13.3. The van der Waals surface area contributed by atoms with Crippen molar-refractivity contribution in [1.82, 2.24) is 5.01 Å². The SMILES string of the molecule is CCOC(=O)CSCC(=O)N1N=C2/C(=C\c3ccc(Cl)cc3)CCC[C@H]2[C@H]1c1ccc(Cl)cc1. The molecule has 2 aromatic rings. The van der Waals surface area contributed by atoms with E-state index < -0.39 is 0 Å². The summed E-state index contributed by atoms with van der Waals surface area (Å²) in [6.07, 6.45) is 5.02. The van der Waals surface area contributed by atoms with Crippen LogP contribution >= 0.6 is 35.0 Å². The molecular weight excluding hydrogens is 491 g/mol. The first-order chi connectivity index (χ1) is 16.5. The molecule has 2 atom stereocenters. The summed E-state index contributed by atoms with van der Waals surface area (Å²) < 4.78 is 4.97. The van der Waals surface area contributed by atoms with Gasteiger partial charge in [-0.1, -0.05) is 47.5 Å². The van der Waals surface area contributed by atoms with Gasteiger partial charge in [-0.05, 0) is 73.2 Å². The van der Waals surface area contributed by atoms with E-state index in [0.717, 1.165) is 41.7 Å².